The first-order chi connectivity index (χ1) is 10.2. The van der Waals surface area contributed by atoms with Crippen molar-refractivity contribution in [3.63, 3.8) is 0 Å². The van der Waals surface area contributed by atoms with Gasteiger partial charge in [-0.3, -0.25) is 20.0 Å². The van der Waals surface area contributed by atoms with Gasteiger partial charge in [-0.2, -0.15) is 0 Å². The Morgan fingerprint density at radius 2 is 1.90 bits per heavy atom. The number of carbonyl (C=O) groups is 1. The second-order valence-electron chi connectivity index (χ2n) is 4.82. The Labute approximate surface area is 124 Å². The van der Waals surface area contributed by atoms with E-state index in [1.165, 1.54) is 5.56 Å². The fraction of sp³-hybridized carbons (Fsp3) is 0.333. The summed E-state index contributed by atoms with van der Waals surface area (Å²) in [6, 6.07) is 5.42. The predicted octanol–water partition coefficient (Wildman–Crippen LogP) is 1.37. The van der Waals surface area contributed by atoms with E-state index in [9.17, 15) is 4.79 Å². The standard InChI is InChI=1S/C15H19N5O/c1-12(14(21)19-15-17-7-3-8-18-15)20(2)11-6-13-4-9-16-10-5-13/h3-5,7-10,12H,6,11H2,1-2H3,(H,17,18,19,21). The van der Waals surface area contributed by atoms with Crippen molar-refractivity contribution in [2.75, 3.05) is 18.9 Å². The minimum absolute atomic E-state index is 0.113. The summed E-state index contributed by atoms with van der Waals surface area (Å²) < 4.78 is 0. The number of carbonyl (C=O) groups excluding carboxylic acids is 1. The predicted molar refractivity (Wildman–Crippen MR) is 80.7 cm³/mol. The van der Waals surface area contributed by atoms with Crippen molar-refractivity contribution in [3.8, 4) is 0 Å². The number of amides is 1. The van der Waals surface area contributed by atoms with Crippen molar-refractivity contribution in [2.24, 2.45) is 0 Å². The van der Waals surface area contributed by atoms with Crippen molar-refractivity contribution in [1.82, 2.24) is 19.9 Å². The Hall–Kier alpha value is -2.34. The Balaban J connectivity index is 1.84. The van der Waals surface area contributed by atoms with Crippen LogP contribution in [0.1, 0.15) is 12.5 Å². The molecule has 6 heteroatoms. The van der Waals surface area contributed by atoms with Gasteiger partial charge in [0.25, 0.3) is 0 Å². The van der Waals surface area contributed by atoms with E-state index in [1.807, 2.05) is 31.0 Å². The molecule has 0 spiro atoms. The Kier molecular flexibility index (Phi) is 5.34. The van der Waals surface area contributed by atoms with Crippen molar-refractivity contribution < 1.29 is 4.79 Å². The number of rotatable bonds is 6. The van der Waals surface area contributed by atoms with Crippen LogP contribution in [-0.4, -0.2) is 45.4 Å². The van der Waals surface area contributed by atoms with Crippen LogP contribution in [0.15, 0.2) is 43.0 Å². The molecule has 0 aliphatic rings. The first-order valence-electron chi connectivity index (χ1n) is 6.84. The van der Waals surface area contributed by atoms with Crippen molar-refractivity contribution in [2.45, 2.75) is 19.4 Å². The van der Waals surface area contributed by atoms with Gasteiger partial charge in [0, 0.05) is 31.3 Å². The maximum absolute atomic E-state index is 12.1. The molecule has 1 N–H and O–H groups in total. The lowest BCUT2D eigenvalue weighted by atomic mass is 10.2. The molecule has 0 aromatic carbocycles. The lowest BCUT2D eigenvalue weighted by molar-refractivity contribution is -0.120. The third kappa shape index (κ3) is 4.61. The molecule has 0 saturated carbocycles. The van der Waals surface area contributed by atoms with Gasteiger partial charge in [0.05, 0.1) is 6.04 Å². The molecule has 1 atom stereocenters. The monoisotopic (exact) mass is 285 g/mol. The molecule has 1 amide bonds. The van der Waals surface area contributed by atoms with Gasteiger partial charge in [-0.15, -0.1) is 0 Å². The van der Waals surface area contributed by atoms with E-state index in [4.69, 9.17) is 0 Å². The van der Waals surface area contributed by atoms with E-state index in [-0.39, 0.29) is 11.9 Å². The molecule has 110 valence electrons. The van der Waals surface area contributed by atoms with Gasteiger partial charge in [0.1, 0.15) is 0 Å². The summed E-state index contributed by atoms with van der Waals surface area (Å²) in [5, 5.41) is 2.71. The average molecular weight is 285 g/mol. The maximum atomic E-state index is 12.1. The van der Waals surface area contributed by atoms with Crippen molar-refractivity contribution >= 4 is 11.9 Å². The van der Waals surface area contributed by atoms with E-state index in [0.717, 1.165) is 13.0 Å². The summed E-state index contributed by atoms with van der Waals surface area (Å²) in [7, 11) is 1.93. The Morgan fingerprint density at radius 1 is 1.24 bits per heavy atom. The Morgan fingerprint density at radius 3 is 2.57 bits per heavy atom. The van der Waals surface area contributed by atoms with Crippen LogP contribution in [0.2, 0.25) is 0 Å². The lowest BCUT2D eigenvalue weighted by Gasteiger charge is -2.23. The largest absolute Gasteiger partial charge is 0.295 e. The number of aromatic nitrogens is 3. The lowest BCUT2D eigenvalue weighted by Crippen LogP contribution is -2.40. The van der Waals surface area contributed by atoms with E-state index < -0.39 is 0 Å². The molecule has 2 aromatic rings. The van der Waals surface area contributed by atoms with E-state index >= 15 is 0 Å². The van der Waals surface area contributed by atoms with Crippen LogP contribution in [0.25, 0.3) is 0 Å². The van der Waals surface area contributed by atoms with Crippen LogP contribution in [0.4, 0.5) is 5.95 Å². The van der Waals surface area contributed by atoms with Crippen molar-refractivity contribution in [1.29, 1.82) is 0 Å². The van der Waals surface area contributed by atoms with Crippen LogP contribution in [0.5, 0.6) is 0 Å². The van der Waals surface area contributed by atoms with Gasteiger partial charge in [0.2, 0.25) is 11.9 Å². The second kappa shape index (κ2) is 7.44. The highest BCUT2D eigenvalue weighted by molar-refractivity contribution is 5.92. The molecular formula is C15H19N5O. The minimum Gasteiger partial charge on any atom is -0.295 e. The van der Waals surface area contributed by atoms with Crippen LogP contribution in [-0.2, 0) is 11.2 Å². The highest BCUT2D eigenvalue weighted by atomic mass is 16.2. The SMILES string of the molecule is CC(C(=O)Nc1ncccn1)N(C)CCc1ccncc1. The second-order valence-corrected chi connectivity index (χ2v) is 4.82. The number of anilines is 1. The van der Waals surface area contributed by atoms with Crippen molar-refractivity contribution in [3.05, 3.63) is 48.5 Å². The zero-order chi connectivity index (χ0) is 15.1. The molecule has 0 aliphatic heterocycles. The number of nitrogens with zero attached hydrogens (tertiary/aromatic N) is 4. The van der Waals surface area contributed by atoms with Gasteiger partial charge in [0.15, 0.2) is 0 Å². The number of nitrogens with one attached hydrogen (secondary N) is 1. The zero-order valence-electron chi connectivity index (χ0n) is 12.2. The topological polar surface area (TPSA) is 71.0 Å². The number of hydrogen-bond donors (Lipinski definition) is 1. The molecule has 0 radical (unpaired) electrons. The molecule has 0 aliphatic carbocycles. The first-order valence-corrected chi connectivity index (χ1v) is 6.84. The summed E-state index contributed by atoms with van der Waals surface area (Å²) >= 11 is 0. The fourth-order valence-corrected chi connectivity index (χ4v) is 1.83. The summed E-state index contributed by atoms with van der Waals surface area (Å²) in [4.78, 5) is 26.1. The fourth-order valence-electron chi connectivity index (χ4n) is 1.83. The third-order valence-corrected chi connectivity index (χ3v) is 3.34. The molecule has 2 aromatic heterocycles. The molecule has 2 rings (SSSR count). The van der Waals surface area contributed by atoms with Crippen LogP contribution in [0, 0.1) is 0 Å². The number of likely N-dealkylation sites (N-methyl/N-ethyl adjacent to an activating group) is 1. The van der Waals surface area contributed by atoms with Gasteiger partial charge in [-0.1, -0.05) is 0 Å². The molecule has 2 heterocycles. The van der Waals surface area contributed by atoms with E-state index in [0.29, 0.717) is 5.95 Å². The normalized spacial score (nSPS) is 12.1. The van der Waals surface area contributed by atoms with Crippen LogP contribution < -0.4 is 5.32 Å². The smallest absolute Gasteiger partial charge is 0.243 e. The van der Waals surface area contributed by atoms with E-state index in [2.05, 4.69) is 20.3 Å². The maximum Gasteiger partial charge on any atom is 0.243 e. The molecule has 1 unspecified atom stereocenters. The van der Waals surface area contributed by atoms with Gasteiger partial charge in [-0.05, 0) is 44.2 Å². The summed E-state index contributed by atoms with van der Waals surface area (Å²) in [5.41, 5.74) is 1.20. The first kappa shape index (κ1) is 15.1. The van der Waals surface area contributed by atoms with Gasteiger partial charge in [-0.25, -0.2) is 9.97 Å². The summed E-state index contributed by atoms with van der Waals surface area (Å²) in [6.45, 7) is 2.65. The highest BCUT2D eigenvalue weighted by Crippen LogP contribution is 2.04. The van der Waals surface area contributed by atoms with E-state index in [1.54, 1.807) is 30.9 Å². The Bertz CT molecular complexity index is 561. The average Bonchev–Trinajstić information content (AvgIpc) is 2.53. The quantitative estimate of drug-likeness (QED) is 0.868. The van der Waals surface area contributed by atoms with Gasteiger partial charge >= 0.3 is 0 Å². The summed E-state index contributed by atoms with van der Waals surface area (Å²) in [5.74, 6) is 0.218. The number of hydrogen-bond acceptors (Lipinski definition) is 5. The summed E-state index contributed by atoms with van der Waals surface area (Å²) in [6.07, 6.45) is 7.62. The number of pyridine rings is 1. The molecule has 6 nitrogen and oxygen atoms in total. The molecule has 21 heavy (non-hydrogen) atoms. The van der Waals surface area contributed by atoms with Gasteiger partial charge < -0.3 is 0 Å². The highest BCUT2D eigenvalue weighted by Gasteiger charge is 2.18. The molecule has 0 fully saturated rings. The third-order valence-electron chi connectivity index (χ3n) is 3.34. The molecular weight excluding hydrogens is 266 g/mol. The van der Waals surface area contributed by atoms with Crippen LogP contribution in [0.3, 0.4) is 0 Å². The zero-order valence-corrected chi connectivity index (χ0v) is 12.2. The molecule has 0 bridgehead atoms. The minimum atomic E-state index is -0.254. The van der Waals surface area contributed by atoms with Crippen LogP contribution >= 0.6 is 0 Å². The molecule has 0 saturated heterocycles.